The Hall–Kier alpha value is -1.25. The van der Waals surface area contributed by atoms with Gasteiger partial charge in [-0.1, -0.05) is 0 Å². The summed E-state index contributed by atoms with van der Waals surface area (Å²) in [6.45, 7) is 13.8. The maximum Gasteiger partial charge on any atom is 0.410 e. The second-order valence-corrected chi connectivity index (χ2v) is 9.54. The van der Waals surface area contributed by atoms with Gasteiger partial charge in [-0.2, -0.15) is 0 Å². The number of nitrogens with one attached hydrogen (secondary N) is 1. The Bertz CT molecular complexity index is 561. The SMILES string of the molecule is CC(C)(C)OC(=O)N1CCC(=O)CC1.CN.CNC1CCN(C(=O)OC(C)(C)C)CC1.CO.[Pd]. The number of hydrogen-bond acceptors (Lipinski definition) is 8. The molecule has 0 bridgehead atoms. The van der Waals surface area contributed by atoms with Crippen molar-refractivity contribution in [3.8, 4) is 0 Å². The van der Waals surface area contributed by atoms with E-state index in [1.165, 1.54) is 7.05 Å². The molecule has 2 rings (SSSR count). The summed E-state index contributed by atoms with van der Waals surface area (Å²) in [6.07, 6.45) is 2.44. The first-order valence-corrected chi connectivity index (χ1v) is 11.5. The van der Waals surface area contributed by atoms with E-state index in [1.54, 1.807) is 9.80 Å². The molecule has 0 aromatic heterocycles. The van der Waals surface area contributed by atoms with Crippen LogP contribution in [0.5, 0.6) is 0 Å². The quantitative estimate of drug-likeness (QED) is 0.401. The van der Waals surface area contributed by atoms with Gasteiger partial charge in [0.2, 0.25) is 0 Å². The predicted molar refractivity (Wildman–Crippen MR) is 130 cm³/mol. The Labute approximate surface area is 219 Å². The van der Waals surface area contributed by atoms with E-state index in [-0.39, 0.29) is 38.4 Å². The predicted octanol–water partition coefficient (Wildman–Crippen LogP) is 2.37. The van der Waals surface area contributed by atoms with Crippen molar-refractivity contribution < 1.29 is 49.4 Å². The summed E-state index contributed by atoms with van der Waals surface area (Å²) in [6, 6.07) is 0.545. The van der Waals surface area contributed by atoms with E-state index < -0.39 is 11.2 Å². The van der Waals surface area contributed by atoms with Crippen molar-refractivity contribution in [2.45, 2.75) is 84.5 Å². The molecule has 2 aliphatic rings. The number of piperidine rings is 2. The number of nitrogens with zero attached hydrogens (tertiary/aromatic N) is 2. The number of nitrogens with two attached hydrogens (primary N) is 1. The minimum absolute atomic E-state index is 0. The molecule has 0 radical (unpaired) electrons. The zero-order valence-corrected chi connectivity index (χ0v) is 24.1. The van der Waals surface area contributed by atoms with Crippen molar-refractivity contribution in [2.24, 2.45) is 5.73 Å². The molecule has 0 aromatic carbocycles. The molecular formula is C23H48N4O6Pd. The third-order valence-electron chi connectivity index (χ3n) is 4.53. The molecule has 11 heteroatoms. The van der Waals surface area contributed by atoms with Crippen LogP contribution < -0.4 is 11.1 Å². The Morgan fingerprint density at radius 2 is 1.18 bits per heavy atom. The fourth-order valence-corrected chi connectivity index (χ4v) is 2.94. The number of ketones is 1. The summed E-state index contributed by atoms with van der Waals surface area (Å²) in [7, 11) is 4.47. The number of carbonyl (C=O) groups excluding carboxylic acids is 3. The fraction of sp³-hybridized carbons (Fsp3) is 0.870. The first kappa shape index (κ1) is 37.3. The van der Waals surface area contributed by atoms with Crippen LogP contribution in [-0.4, -0.2) is 97.5 Å². The molecule has 0 saturated carbocycles. The Morgan fingerprint density at radius 3 is 1.47 bits per heavy atom. The first-order valence-electron chi connectivity index (χ1n) is 11.5. The summed E-state index contributed by atoms with van der Waals surface area (Å²) in [5.41, 5.74) is 3.65. The van der Waals surface area contributed by atoms with Gasteiger partial charge in [0.05, 0.1) is 0 Å². The van der Waals surface area contributed by atoms with E-state index in [0.717, 1.165) is 33.0 Å². The maximum atomic E-state index is 11.7. The van der Waals surface area contributed by atoms with Crippen LogP contribution in [0.4, 0.5) is 9.59 Å². The van der Waals surface area contributed by atoms with Crippen LogP contribution in [0.1, 0.15) is 67.2 Å². The van der Waals surface area contributed by atoms with E-state index >= 15 is 0 Å². The van der Waals surface area contributed by atoms with Crippen molar-refractivity contribution >= 4 is 18.0 Å². The molecular weight excluding hydrogens is 535 g/mol. The van der Waals surface area contributed by atoms with Crippen LogP contribution in [0.3, 0.4) is 0 Å². The number of carbonyl (C=O) groups is 3. The van der Waals surface area contributed by atoms with Gasteiger partial charge in [0, 0.05) is 72.6 Å². The number of likely N-dealkylation sites (tertiary alicyclic amines) is 2. The molecule has 2 saturated heterocycles. The molecule has 0 spiro atoms. The molecule has 4 N–H and O–H groups in total. The van der Waals surface area contributed by atoms with E-state index in [9.17, 15) is 14.4 Å². The van der Waals surface area contributed by atoms with Gasteiger partial charge >= 0.3 is 12.2 Å². The molecule has 34 heavy (non-hydrogen) atoms. The number of Topliss-reactive ketones (excluding diaryl/α,β-unsaturated/α-hetero) is 1. The van der Waals surface area contributed by atoms with Crippen molar-refractivity contribution in [3.05, 3.63) is 0 Å². The Kier molecular flexibility index (Phi) is 20.8. The van der Waals surface area contributed by atoms with Crippen molar-refractivity contribution in [1.82, 2.24) is 15.1 Å². The third kappa shape index (κ3) is 18.1. The van der Waals surface area contributed by atoms with Crippen LogP contribution in [-0.2, 0) is 34.7 Å². The first-order chi connectivity index (χ1) is 15.3. The normalized spacial score (nSPS) is 16.3. The van der Waals surface area contributed by atoms with E-state index in [0.29, 0.717) is 32.0 Å². The summed E-state index contributed by atoms with van der Waals surface area (Å²) in [5, 5.41) is 10.2. The van der Waals surface area contributed by atoms with Crippen LogP contribution in [0, 0.1) is 0 Å². The van der Waals surface area contributed by atoms with Gasteiger partial charge in [0.1, 0.15) is 17.0 Å². The maximum absolute atomic E-state index is 11.7. The monoisotopic (exact) mass is 582 g/mol. The van der Waals surface area contributed by atoms with Gasteiger partial charge < -0.3 is 35.4 Å². The molecule has 10 nitrogen and oxygen atoms in total. The molecule has 206 valence electrons. The summed E-state index contributed by atoms with van der Waals surface area (Å²) >= 11 is 0. The number of amides is 2. The fourth-order valence-electron chi connectivity index (χ4n) is 2.94. The minimum atomic E-state index is -0.460. The zero-order valence-electron chi connectivity index (χ0n) is 22.5. The van der Waals surface area contributed by atoms with Gasteiger partial charge in [-0.25, -0.2) is 9.59 Å². The second-order valence-electron chi connectivity index (χ2n) is 9.54. The average Bonchev–Trinajstić information content (AvgIpc) is 2.75. The topological polar surface area (TPSA) is 134 Å². The molecule has 0 unspecified atom stereocenters. The number of hydrogen-bond donors (Lipinski definition) is 3. The average molecular weight is 583 g/mol. The van der Waals surface area contributed by atoms with Crippen molar-refractivity contribution in [1.29, 1.82) is 0 Å². The van der Waals surface area contributed by atoms with Gasteiger partial charge in [-0.3, -0.25) is 4.79 Å². The van der Waals surface area contributed by atoms with Gasteiger partial charge in [0.15, 0.2) is 0 Å². The zero-order chi connectivity index (χ0) is 26.2. The molecule has 0 aliphatic carbocycles. The van der Waals surface area contributed by atoms with Crippen molar-refractivity contribution in [3.63, 3.8) is 0 Å². The Morgan fingerprint density at radius 1 is 0.853 bits per heavy atom. The summed E-state index contributed by atoms with van der Waals surface area (Å²) in [4.78, 5) is 37.5. The number of ether oxygens (including phenoxy) is 2. The number of rotatable bonds is 1. The molecule has 2 heterocycles. The van der Waals surface area contributed by atoms with Gasteiger partial charge in [-0.05, 0) is 68.5 Å². The molecule has 2 aliphatic heterocycles. The standard InChI is InChI=1S/C11H22N2O2.C10H17NO3.CH5N.CH4O.Pd/c1-11(2,3)15-10(14)13-7-5-9(12-4)6-8-13;1-10(2,3)14-9(13)11-6-4-8(12)5-7-11;2*1-2;/h9,12H,5-8H2,1-4H3;4-7H2,1-3H3;2H2,1H3;2H,1H3;. The summed E-state index contributed by atoms with van der Waals surface area (Å²) in [5.74, 6) is 0.227. The van der Waals surface area contributed by atoms with Crippen LogP contribution in [0.2, 0.25) is 0 Å². The molecule has 2 fully saturated rings. The van der Waals surface area contributed by atoms with E-state index in [4.69, 9.17) is 14.6 Å². The second kappa shape index (κ2) is 19.0. The van der Waals surface area contributed by atoms with Crippen LogP contribution in [0.15, 0.2) is 0 Å². The summed E-state index contributed by atoms with van der Waals surface area (Å²) < 4.78 is 10.5. The molecule has 0 aromatic rings. The Balaban J connectivity index is -0.000000481. The molecule has 0 atom stereocenters. The van der Waals surface area contributed by atoms with E-state index in [1.807, 2.05) is 48.6 Å². The number of aliphatic hydroxyl groups is 1. The van der Waals surface area contributed by atoms with Crippen LogP contribution >= 0.6 is 0 Å². The smallest absolute Gasteiger partial charge is 0.410 e. The number of aliphatic hydroxyl groups excluding tert-OH is 1. The largest absolute Gasteiger partial charge is 0.444 e. The van der Waals surface area contributed by atoms with E-state index in [2.05, 4.69) is 11.1 Å². The van der Waals surface area contributed by atoms with Crippen molar-refractivity contribution in [2.75, 3.05) is 47.4 Å². The molecule has 2 amide bonds. The van der Waals surface area contributed by atoms with Gasteiger partial charge in [-0.15, -0.1) is 0 Å². The van der Waals surface area contributed by atoms with Gasteiger partial charge in [0.25, 0.3) is 0 Å². The minimum Gasteiger partial charge on any atom is -0.444 e. The van der Waals surface area contributed by atoms with Crippen LogP contribution in [0.25, 0.3) is 0 Å². The third-order valence-corrected chi connectivity index (χ3v) is 4.53.